The van der Waals surface area contributed by atoms with Crippen molar-refractivity contribution in [3.8, 4) is 0 Å². The first kappa shape index (κ1) is 30.2. The van der Waals surface area contributed by atoms with Gasteiger partial charge in [0.1, 0.15) is 6.04 Å². The Hall–Kier alpha value is -1.98. The maximum absolute atomic E-state index is 13.3. The normalized spacial score (nSPS) is 16.5. The number of amides is 1. The van der Waals surface area contributed by atoms with Crippen LogP contribution in [0.3, 0.4) is 0 Å². The van der Waals surface area contributed by atoms with Crippen molar-refractivity contribution >= 4 is 35.2 Å². The van der Waals surface area contributed by atoms with Gasteiger partial charge in [-0.15, -0.1) is 0 Å². The molecule has 1 amide bonds. The molecule has 0 spiro atoms. The summed E-state index contributed by atoms with van der Waals surface area (Å²) in [6, 6.07) is 6.47. The number of halogens is 1. The van der Waals surface area contributed by atoms with E-state index in [-0.39, 0.29) is 5.91 Å². The zero-order valence-corrected chi connectivity index (χ0v) is 23.8. The van der Waals surface area contributed by atoms with Gasteiger partial charge in [-0.3, -0.25) is 4.79 Å². The molecule has 4 nitrogen and oxygen atoms in total. The minimum Gasteiger partial charge on any atom is -0.480 e. The molecule has 0 aromatic heterocycles. The first-order valence-corrected chi connectivity index (χ1v) is 14.5. The van der Waals surface area contributed by atoms with E-state index in [1.54, 1.807) is 23.9 Å². The number of carbonyl (C=O) groups excluding carboxylic acids is 1. The summed E-state index contributed by atoms with van der Waals surface area (Å²) in [5.74, 6) is -0.106. The van der Waals surface area contributed by atoms with Crippen LogP contribution in [0, 0.1) is 0 Å². The quantitative estimate of drug-likeness (QED) is 0.189. The van der Waals surface area contributed by atoms with Crippen LogP contribution in [0.4, 0.5) is 0 Å². The van der Waals surface area contributed by atoms with Crippen molar-refractivity contribution in [1.29, 1.82) is 0 Å². The van der Waals surface area contributed by atoms with E-state index in [1.807, 2.05) is 12.1 Å². The van der Waals surface area contributed by atoms with Crippen LogP contribution in [0.5, 0.6) is 0 Å². The molecule has 1 atom stereocenters. The highest BCUT2D eigenvalue weighted by atomic mass is 35.5. The van der Waals surface area contributed by atoms with Crippen LogP contribution < -0.4 is 5.32 Å². The van der Waals surface area contributed by atoms with Crippen LogP contribution in [0.1, 0.15) is 84.6 Å². The van der Waals surface area contributed by atoms with Crippen molar-refractivity contribution in [2.45, 2.75) is 90.5 Å². The topological polar surface area (TPSA) is 66.4 Å². The summed E-state index contributed by atoms with van der Waals surface area (Å²) in [7, 11) is 0. The van der Waals surface area contributed by atoms with Crippen LogP contribution >= 0.6 is 23.4 Å². The lowest BCUT2D eigenvalue weighted by molar-refractivity contribution is -0.142. The van der Waals surface area contributed by atoms with Gasteiger partial charge in [0, 0.05) is 16.5 Å². The number of aliphatic carboxylic acids is 1. The molecule has 1 fully saturated rings. The maximum Gasteiger partial charge on any atom is 0.327 e. The van der Waals surface area contributed by atoms with Gasteiger partial charge >= 0.3 is 5.97 Å². The molecule has 1 saturated carbocycles. The zero-order chi connectivity index (χ0) is 26.6. The largest absolute Gasteiger partial charge is 0.480 e. The fourth-order valence-corrected chi connectivity index (χ4v) is 5.72. The minimum atomic E-state index is -0.991. The lowest BCUT2D eigenvalue weighted by atomic mass is 9.78. The first-order chi connectivity index (χ1) is 17.1. The highest BCUT2D eigenvalue weighted by molar-refractivity contribution is 7.99. The Bertz CT molecular complexity index is 955. The van der Waals surface area contributed by atoms with Crippen molar-refractivity contribution in [3.05, 3.63) is 69.8 Å². The highest BCUT2D eigenvalue weighted by Gasteiger charge is 2.43. The number of thioether (sulfide) groups is 1. The molecule has 2 rings (SSSR count). The highest BCUT2D eigenvalue weighted by Crippen LogP contribution is 2.41. The van der Waals surface area contributed by atoms with E-state index in [9.17, 15) is 14.7 Å². The molecule has 1 aromatic rings. The van der Waals surface area contributed by atoms with Gasteiger partial charge in [-0.25, -0.2) is 4.79 Å². The second-order valence-corrected chi connectivity index (χ2v) is 11.7. The first-order valence-electron chi connectivity index (χ1n) is 13.0. The summed E-state index contributed by atoms with van der Waals surface area (Å²) >= 11 is 7.58. The van der Waals surface area contributed by atoms with Crippen molar-refractivity contribution < 1.29 is 14.7 Å². The van der Waals surface area contributed by atoms with Crippen LogP contribution in [0.2, 0.25) is 5.02 Å². The number of carboxylic acids is 1. The Labute approximate surface area is 226 Å². The van der Waals surface area contributed by atoms with Gasteiger partial charge in [0.25, 0.3) is 0 Å². The van der Waals surface area contributed by atoms with Crippen LogP contribution in [-0.4, -0.2) is 34.5 Å². The molecule has 2 N–H and O–H groups in total. The standard InChI is InChI=1S/C30H42ClNO3S/c1-22(2)9-7-10-23(3)11-8-12-24(4)17-20-36-21-27(28(33)34)32-29(35)30(18-5-6-19-30)25-13-15-26(31)16-14-25/h9,11,13-17,27H,5-8,10,12,18-21H2,1-4H3,(H,32,35)(H,33,34)/b23-11+,24-17+/t27-/m0/s1. The van der Waals surface area contributed by atoms with Crippen molar-refractivity contribution in [3.63, 3.8) is 0 Å². The number of benzene rings is 1. The molecule has 6 heteroatoms. The molecule has 0 saturated heterocycles. The van der Waals surface area contributed by atoms with E-state index < -0.39 is 17.4 Å². The third kappa shape index (κ3) is 9.82. The summed E-state index contributed by atoms with van der Waals surface area (Å²) in [6.45, 7) is 8.58. The summed E-state index contributed by atoms with van der Waals surface area (Å²) < 4.78 is 0. The van der Waals surface area contributed by atoms with Gasteiger partial charge in [-0.1, -0.05) is 71.5 Å². The van der Waals surface area contributed by atoms with E-state index in [1.165, 1.54) is 16.7 Å². The molecule has 0 unspecified atom stereocenters. The number of rotatable bonds is 14. The van der Waals surface area contributed by atoms with Gasteiger partial charge < -0.3 is 10.4 Å². The van der Waals surface area contributed by atoms with E-state index in [2.05, 4.69) is 51.2 Å². The number of carbonyl (C=O) groups is 2. The predicted molar refractivity (Wildman–Crippen MR) is 154 cm³/mol. The molecule has 0 heterocycles. The molecule has 0 radical (unpaired) electrons. The Balaban J connectivity index is 1.84. The molecule has 198 valence electrons. The van der Waals surface area contributed by atoms with Gasteiger partial charge in [0.15, 0.2) is 0 Å². The third-order valence-electron chi connectivity index (χ3n) is 6.85. The number of hydrogen-bond donors (Lipinski definition) is 2. The average molecular weight is 532 g/mol. The minimum absolute atomic E-state index is 0.186. The van der Waals surface area contributed by atoms with Gasteiger partial charge in [-0.05, 0) is 83.9 Å². The number of carboxylic acid groups (broad SMARTS) is 1. The Morgan fingerprint density at radius 1 is 1.00 bits per heavy atom. The molecule has 1 aliphatic carbocycles. The maximum atomic E-state index is 13.3. The summed E-state index contributed by atoms with van der Waals surface area (Å²) in [6.07, 6.45) is 14.4. The van der Waals surface area contributed by atoms with Crippen LogP contribution in [0.15, 0.2) is 59.2 Å². The van der Waals surface area contributed by atoms with E-state index in [0.717, 1.165) is 62.7 Å². The molecule has 1 aliphatic rings. The lowest BCUT2D eigenvalue weighted by Crippen LogP contribution is -2.50. The number of nitrogens with one attached hydrogen (secondary N) is 1. The van der Waals surface area contributed by atoms with Gasteiger partial charge in [0.2, 0.25) is 5.91 Å². The van der Waals surface area contributed by atoms with E-state index >= 15 is 0 Å². The van der Waals surface area contributed by atoms with E-state index in [0.29, 0.717) is 10.8 Å². The van der Waals surface area contributed by atoms with E-state index in [4.69, 9.17) is 11.6 Å². The third-order valence-corrected chi connectivity index (χ3v) is 8.07. The molecular weight excluding hydrogens is 490 g/mol. The molecule has 0 aliphatic heterocycles. The number of allylic oxidation sites excluding steroid dienone is 5. The second-order valence-electron chi connectivity index (χ2n) is 10.2. The summed E-state index contributed by atoms with van der Waals surface area (Å²) in [5, 5.41) is 13.2. The Morgan fingerprint density at radius 2 is 1.58 bits per heavy atom. The number of hydrogen-bond acceptors (Lipinski definition) is 3. The average Bonchev–Trinajstić information content (AvgIpc) is 3.32. The monoisotopic (exact) mass is 531 g/mol. The fraction of sp³-hybridized carbons (Fsp3) is 0.533. The summed E-state index contributed by atoms with van der Waals surface area (Å²) in [4.78, 5) is 25.3. The van der Waals surface area contributed by atoms with Gasteiger partial charge in [-0.2, -0.15) is 11.8 Å². The van der Waals surface area contributed by atoms with Crippen molar-refractivity contribution in [2.24, 2.45) is 0 Å². The smallest absolute Gasteiger partial charge is 0.327 e. The van der Waals surface area contributed by atoms with Crippen LogP contribution in [-0.2, 0) is 15.0 Å². The van der Waals surface area contributed by atoms with Crippen LogP contribution in [0.25, 0.3) is 0 Å². The van der Waals surface area contributed by atoms with Crippen molar-refractivity contribution in [1.82, 2.24) is 5.32 Å². The zero-order valence-electron chi connectivity index (χ0n) is 22.2. The van der Waals surface area contributed by atoms with Crippen molar-refractivity contribution in [2.75, 3.05) is 11.5 Å². The fourth-order valence-electron chi connectivity index (χ4n) is 4.59. The Kier molecular flexibility index (Phi) is 12.9. The molecule has 1 aromatic carbocycles. The predicted octanol–water partition coefficient (Wildman–Crippen LogP) is 7.87. The summed E-state index contributed by atoms with van der Waals surface area (Å²) in [5.41, 5.74) is 4.34. The Morgan fingerprint density at radius 3 is 2.17 bits per heavy atom. The lowest BCUT2D eigenvalue weighted by Gasteiger charge is -2.30. The second kappa shape index (κ2) is 15.3. The molecule has 36 heavy (non-hydrogen) atoms. The molecule has 0 bridgehead atoms. The van der Waals surface area contributed by atoms with Gasteiger partial charge in [0.05, 0.1) is 5.41 Å². The SMILES string of the molecule is CC(C)=CCC/C(C)=C/CC/C(C)=C/CSC[C@H](NC(=O)C1(c2ccc(Cl)cc2)CCCC1)C(=O)O. The molecular formula is C30H42ClNO3S.